The lowest BCUT2D eigenvalue weighted by Crippen LogP contribution is -2.40. The summed E-state index contributed by atoms with van der Waals surface area (Å²) in [6.45, 7) is 8.20. The maximum atomic E-state index is 12.0. The molecule has 0 radical (unpaired) electrons. The van der Waals surface area contributed by atoms with Crippen LogP contribution < -0.4 is 0 Å². The van der Waals surface area contributed by atoms with Crippen LogP contribution in [0.1, 0.15) is 53.4 Å². The van der Waals surface area contributed by atoms with Crippen molar-refractivity contribution in [1.82, 2.24) is 4.90 Å². The summed E-state index contributed by atoms with van der Waals surface area (Å²) < 4.78 is 5.38. The van der Waals surface area contributed by atoms with E-state index < -0.39 is 5.60 Å². The number of amides is 1. The lowest BCUT2D eigenvalue weighted by Gasteiger charge is -2.28. The second-order valence-corrected chi connectivity index (χ2v) is 5.90. The van der Waals surface area contributed by atoms with Crippen LogP contribution in [-0.4, -0.2) is 40.4 Å². The Hall–Kier alpha value is -0.770. The second kappa shape index (κ2) is 5.71. The van der Waals surface area contributed by atoms with Gasteiger partial charge in [-0.15, -0.1) is 0 Å². The van der Waals surface area contributed by atoms with Gasteiger partial charge in [0.1, 0.15) is 5.60 Å². The van der Waals surface area contributed by atoms with Crippen molar-refractivity contribution in [3.63, 3.8) is 0 Å². The third-order valence-corrected chi connectivity index (χ3v) is 2.92. The highest BCUT2D eigenvalue weighted by Gasteiger charge is 2.31. The quantitative estimate of drug-likeness (QED) is 0.828. The van der Waals surface area contributed by atoms with Crippen LogP contribution in [0.3, 0.4) is 0 Å². The third-order valence-electron chi connectivity index (χ3n) is 2.92. The molecule has 4 heteroatoms. The van der Waals surface area contributed by atoms with Gasteiger partial charge in [0.25, 0.3) is 0 Å². The van der Waals surface area contributed by atoms with Gasteiger partial charge in [0.15, 0.2) is 0 Å². The molecule has 0 bridgehead atoms. The zero-order valence-electron chi connectivity index (χ0n) is 11.4. The molecule has 1 aliphatic rings. The molecule has 1 saturated heterocycles. The fraction of sp³-hybridized carbons (Fsp3) is 0.923. The molecule has 17 heavy (non-hydrogen) atoms. The number of nitrogens with zero attached hydrogens (tertiary/aromatic N) is 1. The first kappa shape index (κ1) is 14.3. The predicted octanol–water partition coefficient (Wildman–Crippen LogP) is 2.55. The SMILES string of the molecule is C[C@H](O)CCC1CCCN1C(=O)OC(C)(C)C. The molecule has 1 aliphatic heterocycles. The number of hydrogen-bond acceptors (Lipinski definition) is 3. The Bertz CT molecular complexity index is 258. The molecule has 0 aromatic carbocycles. The normalized spacial score (nSPS) is 22.6. The Kier molecular flexibility index (Phi) is 4.80. The van der Waals surface area contributed by atoms with Gasteiger partial charge in [-0.25, -0.2) is 4.79 Å². The first-order chi connectivity index (χ1) is 7.79. The number of carbonyl (C=O) groups excluding carboxylic acids is 1. The van der Waals surface area contributed by atoms with Crippen LogP contribution in [0.5, 0.6) is 0 Å². The monoisotopic (exact) mass is 243 g/mol. The number of hydrogen-bond donors (Lipinski definition) is 1. The van der Waals surface area contributed by atoms with E-state index >= 15 is 0 Å². The number of likely N-dealkylation sites (tertiary alicyclic amines) is 1. The van der Waals surface area contributed by atoms with E-state index in [1.807, 2.05) is 25.7 Å². The van der Waals surface area contributed by atoms with E-state index in [9.17, 15) is 9.90 Å². The summed E-state index contributed by atoms with van der Waals surface area (Å²) in [5.41, 5.74) is -0.436. The first-order valence-corrected chi connectivity index (χ1v) is 6.47. The maximum absolute atomic E-state index is 12.0. The summed E-state index contributed by atoms with van der Waals surface area (Å²) in [7, 11) is 0. The Morgan fingerprint density at radius 3 is 2.71 bits per heavy atom. The largest absolute Gasteiger partial charge is 0.444 e. The molecule has 1 fully saturated rings. The molecule has 100 valence electrons. The molecule has 0 aliphatic carbocycles. The highest BCUT2D eigenvalue weighted by atomic mass is 16.6. The van der Waals surface area contributed by atoms with Crippen LogP contribution in [0.2, 0.25) is 0 Å². The Balaban J connectivity index is 2.48. The minimum Gasteiger partial charge on any atom is -0.444 e. The minimum atomic E-state index is -0.436. The highest BCUT2D eigenvalue weighted by molar-refractivity contribution is 5.68. The molecule has 1 N–H and O–H groups in total. The Morgan fingerprint density at radius 1 is 1.53 bits per heavy atom. The molecular weight excluding hydrogens is 218 g/mol. The van der Waals surface area contributed by atoms with Crippen molar-refractivity contribution < 1.29 is 14.6 Å². The molecule has 2 atom stereocenters. The number of aliphatic hydroxyl groups excluding tert-OH is 1. The van der Waals surface area contributed by atoms with E-state index in [1.54, 1.807) is 6.92 Å². The Labute approximate surface area is 104 Å². The van der Waals surface area contributed by atoms with Crippen molar-refractivity contribution in [3.05, 3.63) is 0 Å². The number of carbonyl (C=O) groups is 1. The molecule has 1 unspecified atom stereocenters. The van der Waals surface area contributed by atoms with Gasteiger partial charge >= 0.3 is 6.09 Å². The van der Waals surface area contributed by atoms with Crippen molar-refractivity contribution in [2.45, 2.75) is 71.1 Å². The average Bonchev–Trinajstić information content (AvgIpc) is 2.59. The standard InChI is InChI=1S/C13H25NO3/c1-10(15)7-8-11-6-5-9-14(11)12(16)17-13(2,3)4/h10-11,15H,5-9H2,1-4H3/t10-,11?/m0/s1. The van der Waals surface area contributed by atoms with Crippen molar-refractivity contribution in [1.29, 1.82) is 0 Å². The zero-order chi connectivity index (χ0) is 13.1. The summed E-state index contributed by atoms with van der Waals surface area (Å²) in [5, 5.41) is 9.29. The average molecular weight is 243 g/mol. The maximum Gasteiger partial charge on any atom is 0.410 e. The van der Waals surface area contributed by atoms with Gasteiger partial charge in [0.2, 0.25) is 0 Å². The van der Waals surface area contributed by atoms with Gasteiger partial charge < -0.3 is 14.7 Å². The van der Waals surface area contributed by atoms with E-state index in [2.05, 4.69) is 0 Å². The number of aliphatic hydroxyl groups is 1. The van der Waals surface area contributed by atoms with Crippen molar-refractivity contribution >= 4 is 6.09 Å². The summed E-state index contributed by atoms with van der Waals surface area (Å²) in [6.07, 6.45) is 3.14. The van der Waals surface area contributed by atoms with Crippen LogP contribution in [0, 0.1) is 0 Å². The van der Waals surface area contributed by atoms with E-state index in [-0.39, 0.29) is 18.2 Å². The molecule has 0 aromatic rings. The molecule has 1 rings (SSSR count). The summed E-state index contributed by atoms with van der Waals surface area (Å²) in [4.78, 5) is 13.8. The fourth-order valence-corrected chi connectivity index (χ4v) is 2.13. The molecule has 1 amide bonds. The summed E-state index contributed by atoms with van der Waals surface area (Å²) in [5.74, 6) is 0. The van der Waals surface area contributed by atoms with Gasteiger partial charge in [-0.1, -0.05) is 0 Å². The van der Waals surface area contributed by atoms with Crippen molar-refractivity contribution in [2.24, 2.45) is 0 Å². The molecule has 0 aromatic heterocycles. The van der Waals surface area contributed by atoms with E-state index in [0.29, 0.717) is 0 Å². The zero-order valence-corrected chi connectivity index (χ0v) is 11.4. The second-order valence-electron chi connectivity index (χ2n) is 5.90. The van der Waals surface area contributed by atoms with Crippen LogP contribution in [0.25, 0.3) is 0 Å². The van der Waals surface area contributed by atoms with Crippen LogP contribution in [0.15, 0.2) is 0 Å². The first-order valence-electron chi connectivity index (χ1n) is 6.47. The smallest absolute Gasteiger partial charge is 0.410 e. The summed E-state index contributed by atoms with van der Waals surface area (Å²) in [6, 6.07) is 0.236. The molecule has 1 heterocycles. The van der Waals surface area contributed by atoms with E-state index in [1.165, 1.54) is 0 Å². The van der Waals surface area contributed by atoms with Crippen molar-refractivity contribution in [3.8, 4) is 0 Å². The van der Waals surface area contributed by atoms with Crippen LogP contribution >= 0.6 is 0 Å². The van der Waals surface area contributed by atoms with Gasteiger partial charge in [0.05, 0.1) is 6.10 Å². The number of rotatable bonds is 3. The van der Waals surface area contributed by atoms with Gasteiger partial charge in [-0.3, -0.25) is 0 Å². The van der Waals surface area contributed by atoms with Crippen molar-refractivity contribution in [2.75, 3.05) is 6.54 Å². The molecule has 0 saturated carbocycles. The summed E-state index contributed by atoms with van der Waals surface area (Å²) >= 11 is 0. The van der Waals surface area contributed by atoms with E-state index in [4.69, 9.17) is 4.74 Å². The lowest BCUT2D eigenvalue weighted by atomic mass is 10.1. The topological polar surface area (TPSA) is 49.8 Å². The fourth-order valence-electron chi connectivity index (χ4n) is 2.13. The number of ether oxygens (including phenoxy) is 1. The predicted molar refractivity (Wildman–Crippen MR) is 66.9 cm³/mol. The van der Waals surface area contributed by atoms with Gasteiger partial charge in [-0.2, -0.15) is 0 Å². The van der Waals surface area contributed by atoms with E-state index in [0.717, 1.165) is 32.2 Å². The minimum absolute atomic E-state index is 0.217. The molecular formula is C13H25NO3. The van der Waals surface area contributed by atoms with Gasteiger partial charge in [-0.05, 0) is 53.4 Å². The Morgan fingerprint density at radius 2 is 2.18 bits per heavy atom. The molecule has 4 nitrogen and oxygen atoms in total. The van der Waals surface area contributed by atoms with Gasteiger partial charge in [0, 0.05) is 12.6 Å². The van der Waals surface area contributed by atoms with Crippen LogP contribution in [-0.2, 0) is 4.74 Å². The molecule has 0 spiro atoms. The highest BCUT2D eigenvalue weighted by Crippen LogP contribution is 2.24. The lowest BCUT2D eigenvalue weighted by molar-refractivity contribution is 0.0209. The van der Waals surface area contributed by atoms with Crippen LogP contribution in [0.4, 0.5) is 4.79 Å². The third kappa shape index (κ3) is 4.94.